The molecule has 0 atom stereocenters. The van der Waals surface area contributed by atoms with Gasteiger partial charge in [-0.05, 0) is 25.8 Å². The Kier molecular flexibility index (Phi) is 8.72. The van der Waals surface area contributed by atoms with Gasteiger partial charge < -0.3 is 10.4 Å². The van der Waals surface area contributed by atoms with E-state index in [2.05, 4.69) is 12.2 Å². The molecule has 0 aromatic heterocycles. The number of halogens is 2. The number of rotatable bonds is 11. The van der Waals surface area contributed by atoms with Crippen LogP contribution in [0.3, 0.4) is 0 Å². The third-order valence-electron chi connectivity index (χ3n) is 4.57. The Morgan fingerprint density at radius 3 is 1.95 bits per heavy atom. The lowest BCUT2D eigenvalue weighted by atomic mass is 9.83. The second kappa shape index (κ2) is 9.73. The van der Waals surface area contributed by atoms with Crippen LogP contribution in [0.15, 0.2) is 0 Å². The summed E-state index contributed by atoms with van der Waals surface area (Å²) in [6, 6.07) is 0. The quantitative estimate of drug-likeness (QED) is 0.544. The van der Waals surface area contributed by atoms with Crippen LogP contribution in [0.5, 0.6) is 0 Å². The van der Waals surface area contributed by atoms with Crippen LogP contribution in [-0.4, -0.2) is 29.7 Å². The average molecular weight is 305 g/mol. The summed E-state index contributed by atoms with van der Waals surface area (Å²) >= 11 is 0. The molecule has 1 saturated carbocycles. The van der Waals surface area contributed by atoms with Gasteiger partial charge in [-0.3, -0.25) is 0 Å². The van der Waals surface area contributed by atoms with Crippen LogP contribution >= 0.6 is 0 Å². The van der Waals surface area contributed by atoms with Crippen LogP contribution in [-0.2, 0) is 0 Å². The van der Waals surface area contributed by atoms with E-state index in [1.165, 1.54) is 44.9 Å². The predicted octanol–water partition coefficient (Wildman–Crippen LogP) is 4.66. The molecular weight excluding hydrogens is 272 g/mol. The molecule has 0 spiro atoms. The minimum absolute atomic E-state index is 0.178. The molecule has 0 radical (unpaired) electrons. The van der Waals surface area contributed by atoms with Crippen LogP contribution < -0.4 is 5.32 Å². The van der Waals surface area contributed by atoms with Gasteiger partial charge in [-0.2, -0.15) is 0 Å². The molecule has 0 bridgehead atoms. The fourth-order valence-corrected chi connectivity index (χ4v) is 2.96. The van der Waals surface area contributed by atoms with Crippen LogP contribution in [0, 0.1) is 0 Å². The summed E-state index contributed by atoms with van der Waals surface area (Å²) in [4.78, 5) is 0. The van der Waals surface area contributed by atoms with Gasteiger partial charge in [0.1, 0.15) is 0 Å². The molecule has 126 valence electrons. The summed E-state index contributed by atoms with van der Waals surface area (Å²) in [6.45, 7) is 3.57. The number of unbranched alkanes of at least 4 members (excludes halogenated alkanes) is 7. The van der Waals surface area contributed by atoms with Gasteiger partial charge in [-0.25, -0.2) is 8.78 Å². The number of hydrogen-bond donors (Lipinski definition) is 2. The molecule has 1 aliphatic carbocycles. The summed E-state index contributed by atoms with van der Waals surface area (Å²) in [5.74, 6) is -2.57. The molecule has 4 heteroatoms. The highest BCUT2D eigenvalue weighted by Crippen LogP contribution is 2.38. The lowest BCUT2D eigenvalue weighted by Crippen LogP contribution is -2.46. The molecule has 0 unspecified atom stereocenters. The standard InChI is InChI=1S/C17H33F2NO/c1-2-3-4-5-6-7-8-9-14-20-15-16(21)10-12-17(18,19)13-11-16/h20-21H,2-15H2,1H3. The fourth-order valence-electron chi connectivity index (χ4n) is 2.96. The number of nitrogens with one attached hydrogen (secondary N) is 1. The van der Waals surface area contributed by atoms with E-state index in [0.717, 1.165) is 13.0 Å². The van der Waals surface area contributed by atoms with E-state index in [0.29, 0.717) is 6.54 Å². The van der Waals surface area contributed by atoms with Gasteiger partial charge in [0, 0.05) is 19.4 Å². The molecule has 0 amide bonds. The van der Waals surface area contributed by atoms with Crippen molar-refractivity contribution >= 4 is 0 Å². The van der Waals surface area contributed by atoms with Gasteiger partial charge in [0.05, 0.1) is 5.60 Å². The van der Waals surface area contributed by atoms with Gasteiger partial charge in [0.15, 0.2) is 0 Å². The minimum atomic E-state index is -2.57. The first kappa shape index (κ1) is 18.8. The van der Waals surface area contributed by atoms with Gasteiger partial charge in [-0.15, -0.1) is 0 Å². The topological polar surface area (TPSA) is 32.3 Å². The molecule has 0 aromatic carbocycles. The monoisotopic (exact) mass is 305 g/mol. The summed E-state index contributed by atoms with van der Waals surface area (Å²) in [7, 11) is 0. The van der Waals surface area contributed by atoms with Gasteiger partial charge in [-0.1, -0.05) is 51.9 Å². The third kappa shape index (κ3) is 8.72. The van der Waals surface area contributed by atoms with Crippen molar-refractivity contribution in [3.63, 3.8) is 0 Å². The fraction of sp³-hybridized carbons (Fsp3) is 1.00. The first-order valence-corrected chi connectivity index (χ1v) is 8.78. The Bertz CT molecular complexity index is 262. The van der Waals surface area contributed by atoms with E-state index in [1.807, 2.05) is 0 Å². The Hall–Kier alpha value is -0.220. The maximum atomic E-state index is 13.1. The number of alkyl halides is 2. The van der Waals surface area contributed by atoms with Gasteiger partial charge in [0.2, 0.25) is 5.92 Å². The molecule has 0 heterocycles. The predicted molar refractivity (Wildman–Crippen MR) is 83.8 cm³/mol. The maximum Gasteiger partial charge on any atom is 0.248 e. The lowest BCUT2D eigenvalue weighted by Gasteiger charge is -2.36. The van der Waals surface area contributed by atoms with E-state index in [-0.39, 0.29) is 25.7 Å². The Morgan fingerprint density at radius 1 is 0.857 bits per heavy atom. The Morgan fingerprint density at radius 2 is 1.38 bits per heavy atom. The van der Waals surface area contributed by atoms with Crippen molar-refractivity contribution in [2.24, 2.45) is 0 Å². The van der Waals surface area contributed by atoms with Crippen molar-refractivity contribution < 1.29 is 13.9 Å². The second-order valence-corrected chi connectivity index (χ2v) is 6.73. The van der Waals surface area contributed by atoms with E-state index in [4.69, 9.17) is 0 Å². The zero-order valence-electron chi connectivity index (χ0n) is 13.6. The van der Waals surface area contributed by atoms with Crippen LogP contribution in [0.25, 0.3) is 0 Å². The minimum Gasteiger partial charge on any atom is -0.389 e. The Balaban J connectivity index is 1.92. The zero-order valence-corrected chi connectivity index (χ0v) is 13.6. The van der Waals surface area contributed by atoms with Crippen molar-refractivity contribution in [1.82, 2.24) is 5.32 Å². The summed E-state index contributed by atoms with van der Waals surface area (Å²) in [5, 5.41) is 13.5. The summed E-state index contributed by atoms with van der Waals surface area (Å²) in [5.41, 5.74) is -0.915. The smallest absolute Gasteiger partial charge is 0.248 e. The van der Waals surface area contributed by atoms with E-state index < -0.39 is 11.5 Å². The Labute approximate surface area is 128 Å². The normalized spacial score (nSPS) is 20.6. The van der Waals surface area contributed by atoms with Crippen molar-refractivity contribution in [2.45, 2.75) is 95.5 Å². The highest BCUT2D eigenvalue weighted by Gasteiger charge is 2.41. The molecule has 21 heavy (non-hydrogen) atoms. The second-order valence-electron chi connectivity index (χ2n) is 6.73. The molecule has 0 aliphatic heterocycles. The van der Waals surface area contributed by atoms with E-state index in [1.54, 1.807) is 0 Å². The molecule has 1 aliphatic rings. The summed E-state index contributed by atoms with van der Waals surface area (Å²) in [6.07, 6.45) is 10.3. The molecule has 1 fully saturated rings. The van der Waals surface area contributed by atoms with Crippen LogP contribution in [0.1, 0.15) is 84.0 Å². The van der Waals surface area contributed by atoms with Crippen molar-refractivity contribution in [3.05, 3.63) is 0 Å². The average Bonchev–Trinajstić information content (AvgIpc) is 2.45. The largest absolute Gasteiger partial charge is 0.389 e. The highest BCUT2D eigenvalue weighted by atomic mass is 19.3. The highest BCUT2D eigenvalue weighted by molar-refractivity contribution is 4.90. The zero-order chi connectivity index (χ0) is 15.6. The molecule has 2 N–H and O–H groups in total. The summed E-state index contributed by atoms with van der Waals surface area (Å²) < 4.78 is 26.1. The first-order valence-electron chi connectivity index (χ1n) is 8.78. The van der Waals surface area contributed by atoms with E-state index in [9.17, 15) is 13.9 Å². The van der Waals surface area contributed by atoms with Gasteiger partial charge in [0.25, 0.3) is 0 Å². The maximum absolute atomic E-state index is 13.1. The molecule has 2 nitrogen and oxygen atoms in total. The molecule has 1 rings (SSSR count). The van der Waals surface area contributed by atoms with Crippen molar-refractivity contribution in [3.8, 4) is 0 Å². The van der Waals surface area contributed by atoms with Gasteiger partial charge >= 0.3 is 0 Å². The van der Waals surface area contributed by atoms with Crippen molar-refractivity contribution in [2.75, 3.05) is 13.1 Å². The molecule has 0 saturated heterocycles. The van der Waals surface area contributed by atoms with Crippen LogP contribution in [0.2, 0.25) is 0 Å². The lowest BCUT2D eigenvalue weighted by molar-refractivity contribution is -0.102. The molecular formula is C17H33F2NO. The SMILES string of the molecule is CCCCCCCCCCNCC1(O)CCC(F)(F)CC1. The molecule has 0 aromatic rings. The number of hydrogen-bond acceptors (Lipinski definition) is 2. The van der Waals surface area contributed by atoms with E-state index >= 15 is 0 Å². The first-order chi connectivity index (χ1) is 9.97. The number of aliphatic hydroxyl groups is 1. The third-order valence-corrected chi connectivity index (χ3v) is 4.57. The van der Waals surface area contributed by atoms with Crippen LogP contribution in [0.4, 0.5) is 8.78 Å². The van der Waals surface area contributed by atoms with Crippen molar-refractivity contribution in [1.29, 1.82) is 0 Å².